The number of phenols is 1. The van der Waals surface area contributed by atoms with Gasteiger partial charge >= 0.3 is 0 Å². The number of epoxide rings is 1. The Labute approximate surface area is 81.4 Å². The van der Waals surface area contributed by atoms with Crippen LogP contribution in [0.15, 0.2) is 18.2 Å². The standard InChI is InChI=1S/C10H12O4/c1-6-2-3-7(8(12)4-6)10(5-11)9(13)14-10/h2-4,9,11-13H,5H2,1H3/t9-,10-/m0/s1. The minimum Gasteiger partial charge on any atom is -0.508 e. The third-order valence-corrected chi connectivity index (χ3v) is 2.51. The molecule has 1 aliphatic heterocycles. The van der Waals surface area contributed by atoms with Gasteiger partial charge in [0, 0.05) is 5.56 Å². The Bertz CT molecular complexity index is 359. The molecule has 3 N–H and O–H groups in total. The Hall–Kier alpha value is -1.10. The molecule has 1 aromatic carbocycles. The van der Waals surface area contributed by atoms with Crippen LogP contribution in [0.1, 0.15) is 11.1 Å². The quantitative estimate of drug-likeness (QED) is 0.592. The number of rotatable bonds is 2. The number of aliphatic hydroxyl groups is 2. The van der Waals surface area contributed by atoms with E-state index in [4.69, 9.17) is 9.84 Å². The summed E-state index contributed by atoms with van der Waals surface area (Å²) in [6.07, 6.45) is -1.03. The van der Waals surface area contributed by atoms with Crippen LogP contribution in [0, 0.1) is 6.92 Å². The van der Waals surface area contributed by atoms with E-state index in [2.05, 4.69) is 0 Å². The van der Waals surface area contributed by atoms with Crippen molar-refractivity contribution in [3.8, 4) is 5.75 Å². The average molecular weight is 196 g/mol. The molecule has 0 aliphatic carbocycles. The molecule has 1 saturated heterocycles. The molecule has 0 spiro atoms. The second kappa shape index (κ2) is 2.95. The SMILES string of the molecule is Cc1ccc([C@]2(CO)O[C@@H]2O)c(O)c1. The summed E-state index contributed by atoms with van der Waals surface area (Å²) in [6.45, 7) is 1.50. The minimum absolute atomic E-state index is 0.0376. The number of hydrogen-bond donors (Lipinski definition) is 3. The number of benzene rings is 1. The van der Waals surface area contributed by atoms with Crippen molar-refractivity contribution in [3.05, 3.63) is 29.3 Å². The summed E-state index contributed by atoms with van der Waals surface area (Å²) in [6, 6.07) is 5.01. The van der Waals surface area contributed by atoms with Crippen LogP contribution < -0.4 is 0 Å². The molecule has 0 aromatic heterocycles. The molecule has 0 amide bonds. The Morgan fingerprint density at radius 2 is 2.14 bits per heavy atom. The molecule has 4 heteroatoms. The second-order valence-corrected chi connectivity index (χ2v) is 3.54. The average Bonchev–Trinajstić information content (AvgIpc) is 2.78. The molecule has 14 heavy (non-hydrogen) atoms. The van der Waals surface area contributed by atoms with Crippen LogP contribution >= 0.6 is 0 Å². The van der Waals surface area contributed by atoms with Crippen LogP contribution in [-0.4, -0.2) is 28.2 Å². The van der Waals surface area contributed by atoms with Crippen LogP contribution in [0.2, 0.25) is 0 Å². The van der Waals surface area contributed by atoms with Gasteiger partial charge in [-0.1, -0.05) is 12.1 Å². The first-order valence-corrected chi connectivity index (χ1v) is 4.37. The first-order valence-electron chi connectivity index (χ1n) is 4.37. The Balaban J connectivity index is 2.42. The Kier molecular flexibility index (Phi) is 1.99. The summed E-state index contributed by atoms with van der Waals surface area (Å²) in [5.41, 5.74) is 0.227. The highest BCUT2D eigenvalue weighted by Crippen LogP contribution is 2.47. The van der Waals surface area contributed by atoms with Crippen molar-refractivity contribution in [3.63, 3.8) is 0 Å². The summed E-state index contributed by atoms with van der Waals surface area (Å²) in [7, 11) is 0. The molecule has 0 unspecified atom stereocenters. The number of aliphatic hydroxyl groups excluding tert-OH is 2. The van der Waals surface area contributed by atoms with E-state index in [1.807, 2.05) is 6.92 Å². The fraction of sp³-hybridized carbons (Fsp3) is 0.400. The van der Waals surface area contributed by atoms with Crippen molar-refractivity contribution in [2.45, 2.75) is 18.8 Å². The van der Waals surface area contributed by atoms with Gasteiger partial charge in [-0.2, -0.15) is 0 Å². The maximum atomic E-state index is 9.61. The van der Waals surface area contributed by atoms with Gasteiger partial charge in [0.2, 0.25) is 0 Å². The smallest absolute Gasteiger partial charge is 0.192 e. The van der Waals surface area contributed by atoms with Gasteiger partial charge in [0.1, 0.15) is 5.75 Å². The van der Waals surface area contributed by atoms with E-state index in [1.54, 1.807) is 18.2 Å². The van der Waals surface area contributed by atoms with Crippen LogP contribution in [0.5, 0.6) is 5.75 Å². The highest BCUT2D eigenvalue weighted by atomic mass is 16.7. The minimum atomic E-state index is -1.11. The molecule has 0 bridgehead atoms. The highest BCUT2D eigenvalue weighted by Gasteiger charge is 2.58. The van der Waals surface area contributed by atoms with Gasteiger partial charge in [-0.25, -0.2) is 0 Å². The van der Waals surface area contributed by atoms with E-state index in [-0.39, 0.29) is 12.4 Å². The molecule has 1 aliphatic rings. The molecule has 76 valence electrons. The normalized spacial score (nSPS) is 30.4. The molecule has 2 rings (SSSR count). The zero-order valence-corrected chi connectivity index (χ0v) is 7.77. The number of hydrogen-bond acceptors (Lipinski definition) is 4. The van der Waals surface area contributed by atoms with E-state index in [1.165, 1.54) is 0 Å². The first-order chi connectivity index (χ1) is 6.60. The molecule has 1 heterocycles. The Morgan fingerprint density at radius 1 is 1.50 bits per heavy atom. The lowest BCUT2D eigenvalue weighted by atomic mass is 9.97. The van der Waals surface area contributed by atoms with Gasteiger partial charge < -0.3 is 20.1 Å². The van der Waals surface area contributed by atoms with Gasteiger partial charge in [-0.15, -0.1) is 0 Å². The number of phenolic OH excluding ortho intramolecular Hbond substituents is 1. The topological polar surface area (TPSA) is 73.2 Å². The van der Waals surface area contributed by atoms with Gasteiger partial charge in [0.05, 0.1) is 6.61 Å². The van der Waals surface area contributed by atoms with E-state index < -0.39 is 11.9 Å². The molecule has 4 nitrogen and oxygen atoms in total. The van der Waals surface area contributed by atoms with Crippen molar-refractivity contribution < 1.29 is 20.1 Å². The van der Waals surface area contributed by atoms with Crippen molar-refractivity contribution in [2.75, 3.05) is 6.61 Å². The lowest BCUT2D eigenvalue weighted by Crippen LogP contribution is -2.18. The molecule has 0 saturated carbocycles. The number of ether oxygens (including phenoxy) is 1. The van der Waals surface area contributed by atoms with Crippen LogP contribution in [0.3, 0.4) is 0 Å². The van der Waals surface area contributed by atoms with Crippen molar-refractivity contribution in [1.29, 1.82) is 0 Å². The third kappa shape index (κ3) is 1.19. The maximum absolute atomic E-state index is 9.61. The number of aromatic hydroxyl groups is 1. The fourth-order valence-corrected chi connectivity index (χ4v) is 1.56. The van der Waals surface area contributed by atoms with Crippen molar-refractivity contribution >= 4 is 0 Å². The largest absolute Gasteiger partial charge is 0.508 e. The van der Waals surface area contributed by atoms with E-state index >= 15 is 0 Å². The molecule has 2 atom stereocenters. The molecular weight excluding hydrogens is 184 g/mol. The second-order valence-electron chi connectivity index (χ2n) is 3.54. The molecular formula is C10H12O4. The summed E-state index contributed by atoms with van der Waals surface area (Å²) < 4.78 is 4.91. The van der Waals surface area contributed by atoms with E-state index in [9.17, 15) is 10.2 Å². The van der Waals surface area contributed by atoms with Crippen molar-refractivity contribution in [1.82, 2.24) is 0 Å². The summed E-state index contributed by atoms with van der Waals surface area (Å²) >= 11 is 0. The molecule has 1 fully saturated rings. The fourth-order valence-electron chi connectivity index (χ4n) is 1.56. The van der Waals surface area contributed by atoms with Gasteiger partial charge in [-0.3, -0.25) is 0 Å². The zero-order chi connectivity index (χ0) is 10.3. The van der Waals surface area contributed by atoms with Gasteiger partial charge in [-0.05, 0) is 18.6 Å². The first kappa shape index (κ1) is 9.45. The maximum Gasteiger partial charge on any atom is 0.192 e. The lowest BCUT2D eigenvalue weighted by molar-refractivity contribution is 0.148. The van der Waals surface area contributed by atoms with Crippen LogP contribution in [0.4, 0.5) is 0 Å². The van der Waals surface area contributed by atoms with Crippen LogP contribution in [0.25, 0.3) is 0 Å². The monoisotopic (exact) mass is 196 g/mol. The lowest BCUT2D eigenvalue weighted by Gasteiger charge is -2.11. The summed E-state index contributed by atoms with van der Waals surface area (Å²) in [4.78, 5) is 0. The van der Waals surface area contributed by atoms with E-state index in [0.29, 0.717) is 5.56 Å². The Morgan fingerprint density at radius 3 is 2.57 bits per heavy atom. The van der Waals surface area contributed by atoms with Gasteiger partial charge in [0.15, 0.2) is 11.9 Å². The zero-order valence-electron chi connectivity index (χ0n) is 7.77. The third-order valence-electron chi connectivity index (χ3n) is 2.51. The van der Waals surface area contributed by atoms with E-state index in [0.717, 1.165) is 5.56 Å². The van der Waals surface area contributed by atoms with Crippen molar-refractivity contribution in [2.24, 2.45) is 0 Å². The summed E-state index contributed by atoms with van der Waals surface area (Å²) in [5.74, 6) is 0.0376. The predicted molar refractivity (Wildman–Crippen MR) is 48.7 cm³/mol. The van der Waals surface area contributed by atoms with Gasteiger partial charge in [0.25, 0.3) is 0 Å². The predicted octanol–water partition coefficient (Wildman–Crippen LogP) is 0.237. The van der Waals surface area contributed by atoms with Crippen LogP contribution in [-0.2, 0) is 10.3 Å². The number of aryl methyl sites for hydroxylation is 1. The highest BCUT2D eigenvalue weighted by molar-refractivity contribution is 5.42. The molecule has 0 radical (unpaired) electrons. The molecule has 1 aromatic rings. The summed E-state index contributed by atoms with van der Waals surface area (Å²) in [5, 5.41) is 27.9.